The van der Waals surface area contributed by atoms with E-state index in [0.29, 0.717) is 22.0 Å². The summed E-state index contributed by atoms with van der Waals surface area (Å²) in [4.78, 5) is 9.36. The van der Waals surface area contributed by atoms with Gasteiger partial charge in [0.25, 0.3) is 0 Å². The predicted molar refractivity (Wildman–Crippen MR) is 175 cm³/mol. The van der Waals surface area contributed by atoms with E-state index in [9.17, 15) is 0 Å². The average Bonchev–Trinajstić information content (AvgIpc) is 3.43. The third-order valence-corrected chi connectivity index (χ3v) is 9.22. The van der Waals surface area contributed by atoms with E-state index in [0.717, 1.165) is 52.3 Å². The van der Waals surface area contributed by atoms with E-state index >= 15 is 0 Å². The highest BCUT2D eigenvalue weighted by molar-refractivity contribution is 7.80. The van der Waals surface area contributed by atoms with Crippen molar-refractivity contribution in [3.63, 3.8) is 0 Å². The van der Waals surface area contributed by atoms with Gasteiger partial charge in [0.1, 0.15) is 0 Å². The molecular formula is C33H35Cl2N5S. The number of hydrogen-bond acceptors (Lipinski definition) is 3. The molecule has 0 radical (unpaired) electrons. The monoisotopic (exact) mass is 603 g/mol. The Balaban J connectivity index is 1.44. The van der Waals surface area contributed by atoms with Crippen molar-refractivity contribution in [2.75, 3.05) is 22.9 Å². The Labute approximate surface area is 258 Å². The topological polar surface area (TPSA) is 36.3 Å². The van der Waals surface area contributed by atoms with Gasteiger partial charge in [0.05, 0.1) is 28.5 Å². The molecule has 0 unspecified atom stereocenters. The number of piperidine rings is 1. The second-order valence-corrected chi connectivity index (χ2v) is 12.9. The van der Waals surface area contributed by atoms with Crippen molar-refractivity contribution in [3.05, 3.63) is 106 Å². The molecule has 4 heterocycles. The Kier molecular flexibility index (Phi) is 7.75. The molecule has 4 aromatic rings. The van der Waals surface area contributed by atoms with Crippen LogP contribution in [0.3, 0.4) is 0 Å². The van der Waals surface area contributed by atoms with Crippen LogP contribution in [0.5, 0.6) is 0 Å². The molecule has 5 nitrogen and oxygen atoms in total. The first-order chi connectivity index (χ1) is 19.7. The molecule has 1 N–H and O–H groups in total. The number of benzene rings is 2. The average molecular weight is 605 g/mol. The Morgan fingerprint density at radius 3 is 2.37 bits per heavy atom. The highest BCUT2D eigenvalue weighted by Crippen LogP contribution is 2.45. The van der Waals surface area contributed by atoms with Crippen molar-refractivity contribution < 1.29 is 0 Å². The van der Waals surface area contributed by atoms with E-state index in [1.54, 1.807) is 0 Å². The third kappa shape index (κ3) is 5.33. The maximum Gasteiger partial charge on any atom is 0.174 e. The predicted octanol–water partition coefficient (Wildman–Crippen LogP) is 8.46. The molecular weight excluding hydrogens is 569 g/mol. The first kappa shape index (κ1) is 28.1. The first-order valence-corrected chi connectivity index (χ1v) is 15.4. The summed E-state index contributed by atoms with van der Waals surface area (Å²) < 4.78 is 2.25. The molecule has 6 rings (SSSR count). The van der Waals surface area contributed by atoms with Gasteiger partial charge in [-0.1, -0.05) is 49.2 Å². The molecule has 0 aliphatic carbocycles. The molecule has 2 aromatic heterocycles. The van der Waals surface area contributed by atoms with Gasteiger partial charge in [-0.3, -0.25) is 4.98 Å². The quantitative estimate of drug-likeness (QED) is 0.231. The second-order valence-electron chi connectivity index (χ2n) is 11.6. The molecule has 2 fully saturated rings. The van der Waals surface area contributed by atoms with Crippen LogP contribution >= 0.6 is 35.4 Å². The number of nitrogens with one attached hydrogen (secondary N) is 1. The van der Waals surface area contributed by atoms with Gasteiger partial charge in [-0.05, 0) is 104 Å². The van der Waals surface area contributed by atoms with Gasteiger partial charge in [0.15, 0.2) is 5.11 Å². The molecule has 41 heavy (non-hydrogen) atoms. The molecule has 0 amide bonds. The summed E-state index contributed by atoms with van der Waals surface area (Å²) in [6, 6.07) is 22.4. The summed E-state index contributed by atoms with van der Waals surface area (Å²) >= 11 is 19.4. The summed E-state index contributed by atoms with van der Waals surface area (Å²) in [7, 11) is 0. The minimum absolute atomic E-state index is 0.131. The Morgan fingerprint density at radius 1 is 0.902 bits per heavy atom. The normalized spacial score (nSPS) is 22.7. The standard InChI is InChI=1S/C33H35Cl2N5S/c1-20-14-21(2)19-38(18-20)30-12-11-26(17-28(30)35)40-32(31(37-33(40)41)29-10-5-6-13-36-29)27-15-22(3)39(23(27)4)25-9-7-8-24(34)16-25/h5-13,15-17,20-21,31-32H,14,18-19H2,1-4H3,(H,37,41)/t20-,21-,31-,32+/m0/s1. The van der Waals surface area contributed by atoms with Crippen LogP contribution in [-0.2, 0) is 0 Å². The van der Waals surface area contributed by atoms with Crippen LogP contribution < -0.4 is 15.1 Å². The summed E-state index contributed by atoms with van der Waals surface area (Å²) in [5.74, 6) is 1.28. The minimum Gasteiger partial charge on any atom is -0.370 e. The number of nitrogens with zero attached hydrogens (tertiary/aromatic N) is 4. The van der Waals surface area contributed by atoms with Crippen LogP contribution in [0, 0.1) is 25.7 Å². The van der Waals surface area contributed by atoms with Gasteiger partial charge >= 0.3 is 0 Å². The third-order valence-electron chi connectivity index (χ3n) is 8.37. The van der Waals surface area contributed by atoms with Gasteiger partial charge in [0, 0.05) is 47.1 Å². The number of anilines is 2. The van der Waals surface area contributed by atoms with E-state index in [-0.39, 0.29) is 12.1 Å². The van der Waals surface area contributed by atoms with Crippen molar-refractivity contribution in [3.8, 4) is 5.69 Å². The van der Waals surface area contributed by atoms with Crippen molar-refractivity contribution in [1.82, 2.24) is 14.9 Å². The van der Waals surface area contributed by atoms with E-state index < -0.39 is 0 Å². The van der Waals surface area contributed by atoms with Crippen molar-refractivity contribution >= 4 is 51.9 Å². The zero-order valence-electron chi connectivity index (χ0n) is 23.8. The fraction of sp³-hybridized carbons (Fsp3) is 0.333. The Morgan fingerprint density at radius 2 is 1.68 bits per heavy atom. The van der Waals surface area contributed by atoms with E-state index in [1.807, 2.05) is 36.5 Å². The lowest BCUT2D eigenvalue weighted by atomic mass is 9.91. The number of hydrogen-bond donors (Lipinski definition) is 1. The maximum absolute atomic E-state index is 7.03. The van der Waals surface area contributed by atoms with Crippen LogP contribution in [0.4, 0.5) is 11.4 Å². The molecule has 0 saturated carbocycles. The van der Waals surface area contributed by atoms with Gasteiger partial charge in [-0.25, -0.2) is 0 Å². The molecule has 212 valence electrons. The molecule has 0 bridgehead atoms. The fourth-order valence-corrected chi connectivity index (χ4v) is 7.64. The van der Waals surface area contributed by atoms with Crippen LogP contribution in [0.15, 0.2) is 72.9 Å². The van der Waals surface area contributed by atoms with Crippen molar-refractivity contribution in [2.45, 2.75) is 46.2 Å². The number of aryl methyl sites for hydroxylation is 1. The van der Waals surface area contributed by atoms with Gasteiger partial charge in [0.2, 0.25) is 0 Å². The lowest BCUT2D eigenvalue weighted by Crippen LogP contribution is -2.38. The van der Waals surface area contributed by atoms with Crippen molar-refractivity contribution in [1.29, 1.82) is 0 Å². The minimum atomic E-state index is -0.140. The van der Waals surface area contributed by atoms with E-state index in [4.69, 9.17) is 40.4 Å². The molecule has 8 heteroatoms. The lowest BCUT2D eigenvalue weighted by molar-refractivity contribution is 0.357. The summed E-state index contributed by atoms with van der Waals surface area (Å²) in [5, 5.41) is 5.70. The second kappa shape index (κ2) is 11.3. The highest BCUT2D eigenvalue weighted by Gasteiger charge is 2.42. The summed E-state index contributed by atoms with van der Waals surface area (Å²) in [5.41, 5.74) is 7.45. The lowest BCUT2D eigenvalue weighted by Gasteiger charge is -2.37. The van der Waals surface area contributed by atoms with Crippen LogP contribution in [0.2, 0.25) is 10.0 Å². The smallest absolute Gasteiger partial charge is 0.174 e. The van der Waals surface area contributed by atoms with Crippen molar-refractivity contribution in [2.24, 2.45) is 11.8 Å². The molecule has 2 aromatic carbocycles. The van der Waals surface area contributed by atoms with Gasteiger partial charge in [-0.15, -0.1) is 0 Å². The number of pyridine rings is 1. The zero-order valence-corrected chi connectivity index (χ0v) is 26.1. The SMILES string of the molecule is Cc1cc([C@@H]2[C@H](c3ccccn3)NC(=S)N2c2ccc(N3C[C@@H](C)C[C@H](C)C3)c(Cl)c2)c(C)n1-c1cccc(Cl)c1. The summed E-state index contributed by atoms with van der Waals surface area (Å²) in [6.07, 6.45) is 3.09. The zero-order chi connectivity index (χ0) is 28.8. The number of aromatic nitrogens is 2. The number of rotatable bonds is 5. The summed E-state index contributed by atoms with van der Waals surface area (Å²) in [6.45, 7) is 11.0. The van der Waals surface area contributed by atoms with Crippen LogP contribution in [-0.4, -0.2) is 27.8 Å². The van der Waals surface area contributed by atoms with Crippen LogP contribution in [0.1, 0.15) is 55.0 Å². The van der Waals surface area contributed by atoms with E-state index in [1.165, 1.54) is 12.0 Å². The first-order valence-electron chi connectivity index (χ1n) is 14.2. The molecule has 2 saturated heterocycles. The maximum atomic E-state index is 7.03. The van der Waals surface area contributed by atoms with Gasteiger partial charge in [-0.2, -0.15) is 0 Å². The fourth-order valence-electron chi connectivity index (χ4n) is 6.81. The Bertz CT molecular complexity index is 1580. The highest BCUT2D eigenvalue weighted by atomic mass is 35.5. The number of thiocarbonyl (C=S) groups is 1. The van der Waals surface area contributed by atoms with Crippen LogP contribution in [0.25, 0.3) is 5.69 Å². The molecule has 2 aliphatic rings. The number of halogens is 2. The van der Waals surface area contributed by atoms with Gasteiger partial charge < -0.3 is 19.7 Å². The largest absolute Gasteiger partial charge is 0.370 e. The molecule has 2 aliphatic heterocycles. The molecule has 4 atom stereocenters. The Hall–Kier alpha value is -3.06. The van der Waals surface area contributed by atoms with E-state index in [2.05, 4.69) is 83.8 Å². The molecule has 0 spiro atoms.